The number of amides is 1. The van der Waals surface area contributed by atoms with E-state index in [1.54, 1.807) is 6.20 Å². The van der Waals surface area contributed by atoms with Gasteiger partial charge in [0.05, 0.1) is 24.6 Å². The monoisotopic (exact) mass is 251 g/mol. The fraction of sp³-hybridized carbons (Fsp3) is 0.583. The molecule has 0 saturated carbocycles. The van der Waals surface area contributed by atoms with Crippen molar-refractivity contribution >= 4 is 11.7 Å². The van der Waals surface area contributed by atoms with Gasteiger partial charge in [0, 0.05) is 12.6 Å². The molecule has 0 aliphatic carbocycles. The fourth-order valence-corrected chi connectivity index (χ4v) is 1.53. The lowest BCUT2D eigenvalue weighted by Crippen LogP contribution is -2.39. The Morgan fingerprint density at radius 3 is 2.67 bits per heavy atom. The molecule has 0 aliphatic heterocycles. The molecule has 6 heteroatoms. The number of carbonyl (C=O) groups is 1. The maximum Gasteiger partial charge on any atom is 0.234 e. The minimum Gasteiger partial charge on any atom is -0.382 e. The highest BCUT2D eigenvalue weighted by Gasteiger charge is 2.11. The molecule has 0 spiro atoms. The summed E-state index contributed by atoms with van der Waals surface area (Å²) in [6.45, 7) is 7.63. The number of carbonyl (C=O) groups excluding carboxylic acids is 1. The first-order valence-electron chi connectivity index (χ1n) is 6.09. The van der Waals surface area contributed by atoms with Gasteiger partial charge in [-0.1, -0.05) is 6.92 Å². The number of nitrogen functional groups attached to an aromatic ring is 1. The molecule has 0 aromatic carbocycles. The quantitative estimate of drug-likeness (QED) is 0.765. The third-order valence-electron chi connectivity index (χ3n) is 2.37. The summed E-state index contributed by atoms with van der Waals surface area (Å²) < 4.78 is 0. The summed E-state index contributed by atoms with van der Waals surface area (Å²) in [5, 5.41) is 2.87. The largest absolute Gasteiger partial charge is 0.382 e. The van der Waals surface area contributed by atoms with Gasteiger partial charge < -0.3 is 11.1 Å². The van der Waals surface area contributed by atoms with Gasteiger partial charge in [0.15, 0.2) is 0 Å². The molecule has 18 heavy (non-hydrogen) atoms. The summed E-state index contributed by atoms with van der Waals surface area (Å²) in [5.41, 5.74) is 6.28. The van der Waals surface area contributed by atoms with Crippen LogP contribution >= 0.6 is 0 Å². The zero-order valence-corrected chi connectivity index (χ0v) is 11.2. The molecular weight excluding hydrogens is 230 g/mol. The standard InChI is InChI=1S/C12H21N5O/c1-4-17(8-12(18)16-9(2)3)7-10-5-15-11(13)6-14-10/h5-6,9H,4,7-8H2,1-3H3,(H2,13,15)(H,16,18). The molecule has 1 aromatic rings. The van der Waals surface area contributed by atoms with E-state index in [9.17, 15) is 4.79 Å². The third kappa shape index (κ3) is 5.09. The normalized spacial score (nSPS) is 10.9. The van der Waals surface area contributed by atoms with Crippen LogP contribution in [-0.4, -0.2) is 39.9 Å². The van der Waals surface area contributed by atoms with Crippen LogP contribution in [0, 0.1) is 0 Å². The van der Waals surface area contributed by atoms with Gasteiger partial charge in [-0.3, -0.25) is 14.7 Å². The molecule has 100 valence electrons. The van der Waals surface area contributed by atoms with E-state index in [2.05, 4.69) is 15.3 Å². The fourth-order valence-electron chi connectivity index (χ4n) is 1.53. The van der Waals surface area contributed by atoms with Crippen molar-refractivity contribution in [1.29, 1.82) is 0 Å². The summed E-state index contributed by atoms with van der Waals surface area (Å²) in [7, 11) is 0. The minimum atomic E-state index is 0.0234. The Kier molecular flexibility index (Phi) is 5.51. The van der Waals surface area contributed by atoms with Gasteiger partial charge >= 0.3 is 0 Å². The summed E-state index contributed by atoms with van der Waals surface area (Å²) in [6.07, 6.45) is 3.16. The van der Waals surface area contributed by atoms with Gasteiger partial charge in [0.1, 0.15) is 5.82 Å². The number of hydrogen-bond donors (Lipinski definition) is 2. The van der Waals surface area contributed by atoms with Crippen LogP contribution in [-0.2, 0) is 11.3 Å². The van der Waals surface area contributed by atoms with Crippen LogP contribution in [0.25, 0.3) is 0 Å². The van der Waals surface area contributed by atoms with Crippen molar-refractivity contribution in [3.05, 3.63) is 18.1 Å². The number of nitrogens with two attached hydrogens (primary N) is 1. The van der Waals surface area contributed by atoms with Gasteiger partial charge in [-0.15, -0.1) is 0 Å². The maximum atomic E-state index is 11.7. The first-order chi connectivity index (χ1) is 8.51. The second kappa shape index (κ2) is 6.90. The first-order valence-corrected chi connectivity index (χ1v) is 6.09. The van der Waals surface area contributed by atoms with E-state index in [1.165, 1.54) is 6.20 Å². The van der Waals surface area contributed by atoms with Crippen molar-refractivity contribution in [1.82, 2.24) is 20.2 Å². The first kappa shape index (κ1) is 14.4. The van der Waals surface area contributed by atoms with Crippen molar-refractivity contribution in [2.75, 3.05) is 18.8 Å². The second-order valence-electron chi connectivity index (χ2n) is 4.46. The zero-order valence-electron chi connectivity index (χ0n) is 11.2. The van der Waals surface area contributed by atoms with Crippen LogP contribution in [0.4, 0.5) is 5.82 Å². The molecule has 3 N–H and O–H groups in total. The van der Waals surface area contributed by atoms with Gasteiger partial charge in [0.2, 0.25) is 5.91 Å². The van der Waals surface area contributed by atoms with Gasteiger partial charge in [0.25, 0.3) is 0 Å². The SMILES string of the molecule is CCN(CC(=O)NC(C)C)Cc1cnc(N)cn1. The van der Waals surface area contributed by atoms with E-state index in [1.807, 2.05) is 25.7 Å². The third-order valence-corrected chi connectivity index (χ3v) is 2.37. The Labute approximate surface area is 108 Å². The molecule has 6 nitrogen and oxygen atoms in total. The van der Waals surface area contributed by atoms with Crippen LogP contribution in [0.15, 0.2) is 12.4 Å². The lowest BCUT2D eigenvalue weighted by Gasteiger charge is -2.20. The molecule has 1 heterocycles. The molecule has 0 fully saturated rings. The Morgan fingerprint density at radius 1 is 1.44 bits per heavy atom. The topological polar surface area (TPSA) is 84.1 Å². The Balaban J connectivity index is 2.51. The summed E-state index contributed by atoms with van der Waals surface area (Å²) in [5.74, 6) is 0.426. The van der Waals surface area contributed by atoms with Gasteiger partial charge in [-0.05, 0) is 20.4 Å². The highest BCUT2D eigenvalue weighted by Crippen LogP contribution is 2.01. The lowest BCUT2D eigenvalue weighted by molar-refractivity contribution is -0.122. The molecule has 0 radical (unpaired) electrons. The highest BCUT2D eigenvalue weighted by molar-refractivity contribution is 5.78. The zero-order chi connectivity index (χ0) is 13.5. The number of likely N-dealkylation sites (N-methyl/N-ethyl adjacent to an activating group) is 1. The number of rotatable bonds is 6. The summed E-state index contributed by atoms with van der Waals surface area (Å²) >= 11 is 0. The second-order valence-corrected chi connectivity index (χ2v) is 4.46. The predicted octanol–water partition coefficient (Wildman–Crippen LogP) is 0.405. The van der Waals surface area contributed by atoms with Crippen LogP contribution in [0.1, 0.15) is 26.5 Å². The van der Waals surface area contributed by atoms with Crippen LogP contribution in [0.3, 0.4) is 0 Å². The smallest absolute Gasteiger partial charge is 0.234 e. The number of nitrogens with one attached hydrogen (secondary N) is 1. The van der Waals surface area contributed by atoms with Gasteiger partial charge in [-0.2, -0.15) is 0 Å². The molecule has 0 unspecified atom stereocenters. The Bertz CT molecular complexity index is 377. The average molecular weight is 251 g/mol. The number of aromatic nitrogens is 2. The molecule has 1 rings (SSSR count). The van der Waals surface area contributed by atoms with Crippen molar-refractivity contribution in [3.63, 3.8) is 0 Å². The number of hydrogen-bond acceptors (Lipinski definition) is 5. The predicted molar refractivity (Wildman–Crippen MR) is 70.7 cm³/mol. The highest BCUT2D eigenvalue weighted by atomic mass is 16.2. The van der Waals surface area contributed by atoms with E-state index in [0.29, 0.717) is 18.9 Å². The van der Waals surface area contributed by atoms with Crippen molar-refractivity contribution in [2.24, 2.45) is 0 Å². The van der Waals surface area contributed by atoms with Crippen LogP contribution < -0.4 is 11.1 Å². The van der Waals surface area contributed by atoms with E-state index >= 15 is 0 Å². The average Bonchev–Trinajstić information content (AvgIpc) is 2.30. The van der Waals surface area contributed by atoms with E-state index < -0.39 is 0 Å². The summed E-state index contributed by atoms with van der Waals surface area (Å²) in [6, 6.07) is 0.160. The number of nitrogens with zero attached hydrogens (tertiary/aromatic N) is 3. The molecule has 0 saturated heterocycles. The summed E-state index contributed by atoms with van der Waals surface area (Å²) in [4.78, 5) is 21.8. The van der Waals surface area contributed by atoms with E-state index in [-0.39, 0.29) is 11.9 Å². The molecule has 1 amide bonds. The lowest BCUT2D eigenvalue weighted by atomic mass is 10.3. The van der Waals surface area contributed by atoms with Gasteiger partial charge in [-0.25, -0.2) is 4.98 Å². The van der Waals surface area contributed by atoms with Crippen molar-refractivity contribution < 1.29 is 4.79 Å². The Hall–Kier alpha value is -1.69. The van der Waals surface area contributed by atoms with E-state index in [4.69, 9.17) is 5.73 Å². The van der Waals surface area contributed by atoms with Crippen LogP contribution in [0.5, 0.6) is 0 Å². The molecule has 0 atom stereocenters. The van der Waals surface area contributed by atoms with Crippen molar-refractivity contribution in [3.8, 4) is 0 Å². The molecular formula is C12H21N5O. The molecule has 0 aliphatic rings. The van der Waals surface area contributed by atoms with E-state index in [0.717, 1.165) is 12.2 Å². The molecule has 0 bridgehead atoms. The minimum absolute atomic E-state index is 0.0234. The van der Waals surface area contributed by atoms with Crippen LogP contribution in [0.2, 0.25) is 0 Å². The maximum absolute atomic E-state index is 11.7. The van der Waals surface area contributed by atoms with Crippen molar-refractivity contribution in [2.45, 2.75) is 33.4 Å². The number of anilines is 1. The molecule has 1 aromatic heterocycles. The Morgan fingerprint density at radius 2 is 2.17 bits per heavy atom.